The number of nitrogens with zero attached hydrogens (tertiary/aromatic N) is 1. The summed E-state index contributed by atoms with van der Waals surface area (Å²) in [7, 11) is 0. The van der Waals surface area contributed by atoms with Gasteiger partial charge in [0.15, 0.2) is 0 Å². The van der Waals surface area contributed by atoms with E-state index in [-0.39, 0.29) is 24.4 Å². The first kappa shape index (κ1) is 17.5. The van der Waals surface area contributed by atoms with Crippen LogP contribution >= 0.6 is 11.3 Å². The number of thiophene rings is 1. The summed E-state index contributed by atoms with van der Waals surface area (Å²) >= 11 is 1.47. The number of hydrogen-bond acceptors (Lipinski definition) is 4. The highest BCUT2D eigenvalue weighted by Gasteiger charge is 2.25. The molecule has 0 aliphatic carbocycles. The summed E-state index contributed by atoms with van der Waals surface area (Å²) in [5.74, 6) is 0.595. The van der Waals surface area contributed by atoms with Gasteiger partial charge in [0.05, 0.1) is 11.4 Å². The molecule has 1 aromatic carbocycles. The summed E-state index contributed by atoms with van der Waals surface area (Å²) in [5.41, 5.74) is 2.04. The van der Waals surface area contributed by atoms with Crippen molar-refractivity contribution in [2.45, 2.75) is 33.4 Å². The maximum Gasteiger partial charge on any atom is 0.264 e. The van der Waals surface area contributed by atoms with Crippen molar-refractivity contribution >= 4 is 23.2 Å². The van der Waals surface area contributed by atoms with Crippen LogP contribution < -0.4 is 10.1 Å². The molecular weight excluding hydrogens is 336 g/mol. The van der Waals surface area contributed by atoms with E-state index in [1.807, 2.05) is 51.1 Å². The van der Waals surface area contributed by atoms with Gasteiger partial charge in [-0.25, -0.2) is 0 Å². The zero-order valence-corrected chi connectivity index (χ0v) is 15.5. The van der Waals surface area contributed by atoms with Crippen LogP contribution in [-0.2, 0) is 11.4 Å². The van der Waals surface area contributed by atoms with Gasteiger partial charge in [-0.2, -0.15) is 0 Å². The summed E-state index contributed by atoms with van der Waals surface area (Å²) in [4.78, 5) is 28.1. The number of nitrogens with one attached hydrogen (secondary N) is 1. The lowest BCUT2D eigenvalue weighted by molar-refractivity contribution is -0.122. The van der Waals surface area contributed by atoms with E-state index in [4.69, 9.17) is 4.74 Å². The van der Waals surface area contributed by atoms with Gasteiger partial charge in [0.2, 0.25) is 5.91 Å². The van der Waals surface area contributed by atoms with Crippen LogP contribution in [0.25, 0.3) is 10.4 Å². The molecule has 1 aromatic heterocycles. The van der Waals surface area contributed by atoms with Gasteiger partial charge in [0, 0.05) is 28.6 Å². The van der Waals surface area contributed by atoms with Crippen molar-refractivity contribution in [2.75, 3.05) is 13.1 Å². The molecule has 0 fully saturated rings. The predicted molar refractivity (Wildman–Crippen MR) is 98.9 cm³/mol. The number of hydrogen-bond donors (Lipinski definition) is 1. The summed E-state index contributed by atoms with van der Waals surface area (Å²) in [6, 6.07) is 9.80. The second-order valence-corrected chi connectivity index (χ2v) is 7.34. The number of para-hydroxylation sites is 1. The number of fused-ring (bicyclic) bond motifs is 3. The van der Waals surface area contributed by atoms with Crippen molar-refractivity contribution in [1.82, 2.24) is 10.2 Å². The lowest BCUT2D eigenvalue weighted by atomic mass is 10.1. The maximum absolute atomic E-state index is 12.8. The van der Waals surface area contributed by atoms with Crippen LogP contribution in [0.15, 0.2) is 30.3 Å². The van der Waals surface area contributed by atoms with Gasteiger partial charge in [0.25, 0.3) is 5.91 Å². The zero-order chi connectivity index (χ0) is 18.0. The van der Waals surface area contributed by atoms with Crippen LogP contribution in [0.4, 0.5) is 0 Å². The molecule has 0 unspecified atom stereocenters. The Balaban J connectivity index is 1.82. The number of likely N-dealkylation sites (N-methyl/N-ethyl adjacent to an activating group) is 1. The molecule has 0 saturated carbocycles. The zero-order valence-electron chi connectivity index (χ0n) is 14.7. The molecule has 5 nitrogen and oxygen atoms in total. The highest BCUT2D eigenvalue weighted by atomic mass is 32.1. The average Bonchev–Trinajstić information content (AvgIpc) is 3.03. The van der Waals surface area contributed by atoms with Crippen LogP contribution in [0.1, 0.15) is 36.0 Å². The van der Waals surface area contributed by atoms with Gasteiger partial charge in [-0.15, -0.1) is 11.3 Å². The number of ether oxygens (including phenoxy) is 1. The number of rotatable bonds is 5. The Labute approximate surface area is 151 Å². The van der Waals surface area contributed by atoms with Crippen LogP contribution in [0.5, 0.6) is 5.75 Å². The van der Waals surface area contributed by atoms with Gasteiger partial charge in [-0.1, -0.05) is 12.1 Å². The van der Waals surface area contributed by atoms with Crippen LogP contribution in [-0.4, -0.2) is 35.8 Å². The number of carbonyl (C=O) groups is 2. The largest absolute Gasteiger partial charge is 0.488 e. The van der Waals surface area contributed by atoms with Gasteiger partial charge in [-0.05, 0) is 39.0 Å². The normalized spacial score (nSPS) is 12.2. The average molecular weight is 358 g/mol. The summed E-state index contributed by atoms with van der Waals surface area (Å²) in [5, 5.41) is 2.83. The topological polar surface area (TPSA) is 58.6 Å². The molecule has 132 valence electrons. The lowest BCUT2D eigenvalue weighted by Gasteiger charge is -2.20. The Kier molecular flexibility index (Phi) is 5.08. The Bertz CT molecular complexity index is 798. The number of amides is 2. The summed E-state index contributed by atoms with van der Waals surface area (Å²) in [6.45, 7) is 6.72. The van der Waals surface area contributed by atoms with E-state index in [9.17, 15) is 9.59 Å². The van der Waals surface area contributed by atoms with Crippen molar-refractivity contribution in [3.05, 3.63) is 40.8 Å². The van der Waals surface area contributed by atoms with Gasteiger partial charge in [0.1, 0.15) is 12.4 Å². The van der Waals surface area contributed by atoms with Crippen molar-refractivity contribution in [3.63, 3.8) is 0 Å². The molecule has 6 heteroatoms. The van der Waals surface area contributed by atoms with E-state index in [0.717, 1.165) is 21.8 Å². The lowest BCUT2D eigenvalue weighted by Crippen LogP contribution is -2.42. The highest BCUT2D eigenvalue weighted by molar-refractivity contribution is 7.17. The third kappa shape index (κ3) is 3.69. The first-order chi connectivity index (χ1) is 12.0. The maximum atomic E-state index is 12.8. The molecular formula is C19H22N2O3S. The van der Waals surface area contributed by atoms with E-state index < -0.39 is 0 Å². The second kappa shape index (κ2) is 7.27. The second-order valence-electron chi connectivity index (χ2n) is 6.29. The van der Waals surface area contributed by atoms with Gasteiger partial charge >= 0.3 is 0 Å². The van der Waals surface area contributed by atoms with E-state index >= 15 is 0 Å². The molecule has 1 N–H and O–H groups in total. The van der Waals surface area contributed by atoms with Gasteiger partial charge < -0.3 is 15.0 Å². The van der Waals surface area contributed by atoms with E-state index in [0.29, 0.717) is 18.0 Å². The molecule has 2 aromatic rings. The highest BCUT2D eigenvalue weighted by Crippen LogP contribution is 2.42. The van der Waals surface area contributed by atoms with Crippen molar-refractivity contribution in [1.29, 1.82) is 0 Å². The first-order valence-electron chi connectivity index (χ1n) is 8.43. The minimum atomic E-state index is -0.139. The van der Waals surface area contributed by atoms with E-state index in [1.165, 1.54) is 11.3 Å². The monoisotopic (exact) mass is 358 g/mol. The van der Waals surface area contributed by atoms with Crippen LogP contribution in [0.2, 0.25) is 0 Å². The first-order valence-corrected chi connectivity index (χ1v) is 9.24. The predicted octanol–water partition coefficient (Wildman–Crippen LogP) is 3.29. The fraction of sp³-hybridized carbons (Fsp3) is 0.368. The fourth-order valence-electron chi connectivity index (χ4n) is 2.83. The third-order valence-corrected chi connectivity index (χ3v) is 5.19. The Morgan fingerprint density at radius 1 is 1.32 bits per heavy atom. The fourth-order valence-corrected chi connectivity index (χ4v) is 3.99. The molecule has 0 spiro atoms. The van der Waals surface area contributed by atoms with Crippen molar-refractivity contribution in [2.24, 2.45) is 0 Å². The smallest absolute Gasteiger partial charge is 0.264 e. The van der Waals surface area contributed by atoms with Crippen molar-refractivity contribution < 1.29 is 14.3 Å². The molecule has 25 heavy (non-hydrogen) atoms. The molecule has 0 atom stereocenters. The number of benzene rings is 1. The summed E-state index contributed by atoms with van der Waals surface area (Å²) < 4.78 is 5.76. The Hall–Kier alpha value is -2.34. The quantitative estimate of drug-likeness (QED) is 0.892. The molecule has 3 rings (SSSR count). The van der Waals surface area contributed by atoms with Gasteiger partial charge in [-0.3, -0.25) is 9.59 Å². The van der Waals surface area contributed by atoms with E-state index in [1.54, 1.807) is 4.90 Å². The third-order valence-electron chi connectivity index (χ3n) is 3.99. The molecule has 1 aliphatic rings. The minimum Gasteiger partial charge on any atom is -0.488 e. The van der Waals surface area contributed by atoms with E-state index in [2.05, 4.69) is 5.32 Å². The minimum absolute atomic E-state index is 0.0593. The summed E-state index contributed by atoms with van der Waals surface area (Å²) in [6.07, 6.45) is 0. The van der Waals surface area contributed by atoms with Crippen molar-refractivity contribution in [3.8, 4) is 16.2 Å². The number of carbonyl (C=O) groups excluding carboxylic acids is 2. The molecule has 1 aliphatic heterocycles. The SMILES string of the molecule is CCN(CC(=O)NC(C)C)C(=O)c1cc2c(s1)-c1ccccc1OC2. The molecule has 0 saturated heterocycles. The molecule has 0 radical (unpaired) electrons. The Morgan fingerprint density at radius 3 is 2.80 bits per heavy atom. The van der Waals surface area contributed by atoms with Crippen LogP contribution in [0.3, 0.4) is 0 Å². The molecule has 0 bridgehead atoms. The standard InChI is InChI=1S/C19H22N2O3S/c1-4-21(10-17(22)20-12(2)3)19(23)16-9-13-11-24-15-8-6-5-7-14(15)18(13)25-16/h5-9,12H,4,10-11H2,1-3H3,(H,20,22). The molecule has 2 heterocycles. The Morgan fingerprint density at radius 2 is 2.08 bits per heavy atom. The van der Waals surface area contributed by atoms with Crippen LogP contribution in [0, 0.1) is 0 Å². The molecule has 2 amide bonds.